The van der Waals surface area contributed by atoms with Crippen LogP contribution in [0.5, 0.6) is 11.5 Å². The Morgan fingerprint density at radius 1 is 1.15 bits per heavy atom. The Morgan fingerprint density at radius 3 is 2.42 bits per heavy atom. The number of halogens is 5. The second-order valence-corrected chi connectivity index (χ2v) is 11.7. The maximum Gasteiger partial charge on any atom is 0.573 e. The Balaban J connectivity index is 1.47. The van der Waals surface area contributed by atoms with Gasteiger partial charge in [-0.1, -0.05) is 22.9 Å². The average Bonchev–Trinajstić information content (AvgIpc) is 3.42. The van der Waals surface area contributed by atoms with Crippen LogP contribution in [0.15, 0.2) is 36.4 Å². The lowest BCUT2D eigenvalue weighted by Gasteiger charge is -2.35. The fraction of sp³-hybridized carbons (Fsp3) is 0.423. The quantitative estimate of drug-likeness (QED) is 0.273. The molecule has 0 spiro atoms. The molecule has 0 N–H and O–H groups in total. The summed E-state index contributed by atoms with van der Waals surface area (Å²) in [5.74, 6) is -1.22. The number of nitrogens with zero attached hydrogens (tertiary/aromatic N) is 3. The molecule has 0 radical (unpaired) electrons. The minimum Gasteiger partial charge on any atom is -0.488 e. The van der Waals surface area contributed by atoms with Gasteiger partial charge < -0.3 is 18.9 Å². The minimum atomic E-state index is -4.80. The molecule has 1 saturated heterocycles. The van der Waals surface area contributed by atoms with Crippen molar-refractivity contribution < 1.29 is 41.3 Å². The Bertz CT molecular complexity index is 1380. The standard InChI is InChI=1S/C26H26ClF4N3O5S/c1-24(2,3)39-23(35)34-15(13-37-25(34,4)5)12-36-20-11-18(27)17(10-19(20)28)22-33-32-21(40-22)14-6-8-16(9-7-14)38-26(29,30)31/h6-11,15H,12-13H2,1-5H3. The molecule has 1 amide bonds. The van der Waals surface area contributed by atoms with Crippen LogP contribution in [-0.4, -0.2) is 58.1 Å². The van der Waals surface area contributed by atoms with E-state index in [-0.39, 0.29) is 35.3 Å². The van der Waals surface area contributed by atoms with Crippen molar-refractivity contribution in [2.75, 3.05) is 13.2 Å². The van der Waals surface area contributed by atoms with Crippen LogP contribution >= 0.6 is 22.9 Å². The average molecular weight is 604 g/mol. The Labute approximate surface area is 236 Å². The normalized spacial score (nSPS) is 17.1. The molecule has 1 atom stereocenters. The maximum atomic E-state index is 15.1. The molecule has 4 rings (SSSR count). The van der Waals surface area contributed by atoms with Crippen LogP contribution in [0.4, 0.5) is 22.4 Å². The van der Waals surface area contributed by atoms with Crippen LogP contribution < -0.4 is 9.47 Å². The molecule has 2 aromatic carbocycles. The van der Waals surface area contributed by atoms with Crippen LogP contribution in [-0.2, 0) is 9.47 Å². The minimum absolute atomic E-state index is 0.0771. The van der Waals surface area contributed by atoms with E-state index in [0.717, 1.165) is 29.5 Å². The highest BCUT2D eigenvalue weighted by Gasteiger charge is 2.46. The van der Waals surface area contributed by atoms with Gasteiger partial charge in [0.1, 0.15) is 33.7 Å². The first kappa shape index (κ1) is 29.8. The van der Waals surface area contributed by atoms with Crippen molar-refractivity contribution in [1.82, 2.24) is 15.1 Å². The molecule has 1 aliphatic heterocycles. The predicted molar refractivity (Wildman–Crippen MR) is 140 cm³/mol. The molecule has 0 bridgehead atoms. The van der Waals surface area contributed by atoms with Crippen LogP contribution in [0.3, 0.4) is 0 Å². The van der Waals surface area contributed by atoms with E-state index in [4.69, 9.17) is 25.8 Å². The number of aromatic nitrogens is 2. The molecule has 1 aromatic heterocycles. The van der Waals surface area contributed by atoms with Gasteiger partial charge in [0.2, 0.25) is 0 Å². The van der Waals surface area contributed by atoms with Crippen molar-refractivity contribution in [2.45, 2.75) is 58.3 Å². The molecule has 0 aliphatic carbocycles. The van der Waals surface area contributed by atoms with Crippen LogP contribution in [0.25, 0.3) is 21.1 Å². The fourth-order valence-electron chi connectivity index (χ4n) is 3.92. The van der Waals surface area contributed by atoms with E-state index in [0.29, 0.717) is 15.6 Å². The topological polar surface area (TPSA) is 83.0 Å². The van der Waals surface area contributed by atoms with Gasteiger partial charge in [0.05, 0.1) is 17.7 Å². The summed E-state index contributed by atoms with van der Waals surface area (Å²) in [4.78, 5) is 14.2. The zero-order valence-corrected chi connectivity index (χ0v) is 23.7. The largest absolute Gasteiger partial charge is 0.573 e. The Kier molecular flexibility index (Phi) is 8.21. The number of alkyl halides is 3. The number of carbonyl (C=O) groups is 1. The van der Waals surface area contributed by atoms with Gasteiger partial charge in [-0.25, -0.2) is 9.18 Å². The van der Waals surface area contributed by atoms with Crippen molar-refractivity contribution in [2.24, 2.45) is 0 Å². The first-order valence-electron chi connectivity index (χ1n) is 12.0. The predicted octanol–water partition coefficient (Wildman–Crippen LogP) is 7.31. The number of hydrogen-bond donors (Lipinski definition) is 0. The summed E-state index contributed by atoms with van der Waals surface area (Å²) in [6, 6.07) is 7.03. The number of ether oxygens (including phenoxy) is 4. The van der Waals surface area contributed by atoms with Crippen molar-refractivity contribution >= 4 is 29.0 Å². The highest BCUT2D eigenvalue weighted by Crippen LogP contribution is 2.38. The van der Waals surface area contributed by atoms with Gasteiger partial charge in [-0.2, -0.15) is 0 Å². The summed E-state index contributed by atoms with van der Waals surface area (Å²) in [7, 11) is 0. The zero-order valence-electron chi connectivity index (χ0n) is 22.1. The van der Waals surface area contributed by atoms with E-state index in [9.17, 15) is 18.0 Å². The van der Waals surface area contributed by atoms with Crippen molar-refractivity contribution in [3.8, 4) is 32.6 Å². The molecule has 0 saturated carbocycles. The van der Waals surface area contributed by atoms with Gasteiger partial charge in [-0.05, 0) is 65.0 Å². The summed E-state index contributed by atoms with van der Waals surface area (Å²) < 4.78 is 73.1. The third kappa shape index (κ3) is 7.12. The molecule has 14 heteroatoms. The van der Waals surface area contributed by atoms with E-state index in [1.165, 1.54) is 23.1 Å². The number of amides is 1. The first-order valence-corrected chi connectivity index (χ1v) is 13.2. The SMILES string of the molecule is CC(C)(C)OC(=O)N1C(COc2cc(Cl)c(-c3nnc(-c4ccc(OC(F)(F)F)cc4)s3)cc2F)COC1(C)C. The first-order chi connectivity index (χ1) is 18.5. The molecule has 1 unspecified atom stereocenters. The molecule has 1 fully saturated rings. The third-order valence-corrected chi connectivity index (χ3v) is 6.93. The number of hydrogen-bond acceptors (Lipinski definition) is 8. The molecular weight excluding hydrogens is 578 g/mol. The van der Waals surface area contributed by atoms with E-state index in [1.807, 2.05) is 0 Å². The van der Waals surface area contributed by atoms with Gasteiger partial charge in [0.25, 0.3) is 0 Å². The van der Waals surface area contributed by atoms with E-state index < -0.39 is 35.6 Å². The molecular formula is C26H26ClF4N3O5S. The maximum absolute atomic E-state index is 15.1. The Hall–Kier alpha value is -3.16. The van der Waals surface area contributed by atoms with Crippen molar-refractivity contribution in [3.63, 3.8) is 0 Å². The van der Waals surface area contributed by atoms with Gasteiger partial charge in [0, 0.05) is 17.2 Å². The lowest BCUT2D eigenvalue weighted by Crippen LogP contribution is -2.51. The monoisotopic (exact) mass is 603 g/mol. The summed E-state index contributed by atoms with van der Waals surface area (Å²) in [5.41, 5.74) is -0.914. The van der Waals surface area contributed by atoms with Gasteiger partial charge in [-0.15, -0.1) is 23.4 Å². The molecule has 40 heavy (non-hydrogen) atoms. The highest BCUT2D eigenvalue weighted by atomic mass is 35.5. The lowest BCUT2D eigenvalue weighted by atomic mass is 10.2. The summed E-state index contributed by atoms with van der Waals surface area (Å²) in [5, 5.41) is 8.91. The number of benzene rings is 2. The fourth-order valence-corrected chi connectivity index (χ4v) is 5.10. The molecule has 2 heterocycles. The van der Waals surface area contributed by atoms with E-state index in [1.54, 1.807) is 34.6 Å². The van der Waals surface area contributed by atoms with Gasteiger partial charge in [0.15, 0.2) is 11.6 Å². The van der Waals surface area contributed by atoms with Crippen molar-refractivity contribution in [3.05, 3.63) is 47.2 Å². The third-order valence-electron chi connectivity index (χ3n) is 5.61. The zero-order chi connectivity index (χ0) is 29.5. The summed E-state index contributed by atoms with van der Waals surface area (Å²) in [6.07, 6.45) is -5.38. The highest BCUT2D eigenvalue weighted by molar-refractivity contribution is 7.18. The molecule has 3 aromatic rings. The molecule has 216 valence electrons. The second kappa shape index (κ2) is 11.0. The molecule has 1 aliphatic rings. The van der Waals surface area contributed by atoms with Gasteiger partial charge in [-0.3, -0.25) is 4.90 Å². The summed E-state index contributed by atoms with van der Waals surface area (Å²) >= 11 is 7.50. The van der Waals surface area contributed by atoms with Gasteiger partial charge >= 0.3 is 12.5 Å². The smallest absolute Gasteiger partial charge is 0.488 e. The van der Waals surface area contributed by atoms with Crippen LogP contribution in [0.1, 0.15) is 34.6 Å². The Morgan fingerprint density at radius 2 is 1.80 bits per heavy atom. The second-order valence-electron chi connectivity index (χ2n) is 10.3. The van der Waals surface area contributed by atoms with Crippen LogP contribution in [0.2, 0.25) is 5.02 Å². The lowest BCUT2D eigenvalue weighted by molar-refractivity contribution is -0.274. The van der Waals surface area contributed by atoms with Crippen molar-refractivity contribution in [1.29, 1.82) is 0 Å². The number of carbonyl (C=O) groups excluding carboxylic acids is 1. The van der Waals surface area contributed by atoms with Crippen LogP contribution in [0, 0.1) is 5.82 Å². The number of rotatable bonds is 6. The van der Waals surface area contributed by atoms with E-state index >= 15 is 4.39 Å². The summed E-state index contributed by atoms with van der Waals surface area (Å²) in [6.45, 7) is 8.80. The van der Waals surface area contributed by atoms with E-state index in [2.05, 4.69) is 14.9 Å². The molecule has 8 nitrogen and oxygen atoms in total.